The van der Waals surface area contributed by atoms with Crippen LogP contribution in [0.1, 0.15) is 5.56 Å². The fourth-order valence-electron chi connectivity index (χ4n) is 0.875. The van der Waals surface area contributed by atoms with E-state index >= 15 is 0 Å². The predicted octanol–water partition coefficient (Wildman–Crippen LogP) is 1.95. The molecule has 0 atom stereocenters. The maximum absolute atomic E-state index is 11.8. The van der Waals surface area contributed by atoms with Crippen molar-refractivity contribution in [1.82, 2.24) is 0 Å². The van der Waals surface area contributed by atoms with Gasteiger partial charge in [-0.05, 0) is 0 Å². The number of hydrogen-bond donors (Lipinski definition) is 1. The molecule has 0 amide bonds. The molecule has 0 aromatic heterocycles. The Morgan fingerprint density at radius 1 is 1.21 bits per heavy atom. The van der Waals surface area contributed by atoms with Gasteiger partial charge in [-0.25, -0.2) is 0 Å². The molecule has 0 radical (unpaired) electrons. The van der Waals surface area contributed by atoms with Crippen molar-refractivity contribution in [2.45, 2.75) is 6.18 Å². The van der Waals surface area contributed by atoms with E-state index in [1.165, 1.54) is 0 Å². The minimum Gasteiger partial charge on any atom is -0.384 e. The highest BCUT2D eigenvalue weighted by Crippen LogP contribution is 2.14. The summed E-state index contributed by atoms with van der Waals surface area (Å²) in [5.74, 6) is -0.0945. The molecule has 0 aliphatic rings. The predicted molar refractivity (Wildman–Crippen MR) is 48.1 cm³/mol. The Balaban J connectivity index is 2.71. The standard InChI is InChI=1S/C9H9F3N2/c10-9(11,12)6-14-8(13)7-4-2-1-3-5-7/h1-5H,6H2,(H2,13,14). The van der Waals surface area contributed by atoms with Crippen LogP contribution in [0.5, 0.6) is 0 Å². The first-order chi connectivity index (χ1) is 6.49. The van der Waals surface area contributed by atoms with Crippen LogP contribution in [0.4, 0.5) is 13.2 Å². The fourth-order valence-corrected chi connectivity index (χ4v) is 0.875. The molecule has 1 aromatic carbocycles. The van der Waals surface area contributed by atoms with Gasteiger partial charge in [0, 0.05) is 5.56 Å². The van der Waals surface area contributed by atoms with E-state index in [1.54, 1.807) is 30.3 Å². The van der Waals surface area contributed by atoms with Crippen LogP contribution in [0, 0.1) is 0 Å². The number of halogens is 3. The summed E-state index contributed by atoms with van der Waals surface area (Å²) in [6, 6.07) is 8.33. The van der Waals surface area contributed by atoms with Crippen molar-refractivity contribution in [2.24, 2.45) is 10.7 Å². The van der Waals surface area contributed by atoms with Crippen molar-refractivity contribution in [3.05, 3.63) is 35.9 Å². The molecule has 2 N–H and O–H groups in total. The summed E-state index contributed by atoms with van der Waals surface area (Å²) in [6.07, 6.45) is -4.31. The average Bonchev–Trinajstić information content (AvgIpc) is 2.14. The zero-order valence-electron chi connectivity index (χ0n) is 7.25. The topological polar surface area (TPSA) is 38.4 Å². The Hall–Kier alpha value is -1.52. The molecule has 0 fully saturated rings. The van der Waals surface area contributed by atoms with Gasteiger partial charge in [-0.3, -0.25) is 4.99 Å². The summed E-state index contributed by atoms with van der Waals surface area (Å²) in [4.78, 5) is 3.24. The smallest absolute Gasteiger partial charge is 0.384 e. The third-order valence-corrected chi connectivity index (χ3v) is 1.50. The second-order valence-corrected chi connectivity index (χ2v) is 2.68. The summed E-state index contributed by atoms with van der Waals surface area (Å²) >= 11 is 0. The van der Waals surface area contributed by atoms with Gasteiger partial charge in [0.2, 0.25) is 0 Å². The summed E-state index contributed by atoms with van der Waals surface area (Å²) in [5, 5.41) is 0. The van der Waals surface area contributed by atoms with Crippen LogP contribution >= 0.6 is 0 Å². The highest BCUT2D eigenvalue weighted by Gasteiger charge is 2.26. The van der Waals surface area contributed by atoms with Crippen molar-refractivity contribution in [3.8, 4) is 0 Å². The Morgan fingerprint density at radius 3 is 2.29 bits per heavy atom. The van der Waals surface area contributed by atoms with E-state index in [-0.39, 0.29) is 5.84 Å². The third kappa shape index (κ3) is 3.47. The first kappa shape index (κ1) is 10.6. The Kier molecular flexibility index (Phi) is 3.11. The monoisotopic (exact) mass is 202 g/mol. The van der Waals surface area contributed by atoms with Crippen LogP contribution in [0.15, 0.2) is 35.3 Å². The highest BCUT2D eigenvalue weighted by molar-refractivity contribution is 5.97. The zero-order valence-corrected chi connectivity index (χ0v) is 7.25. The number of hydrogen-bond acceptors (Lipinski definition) is 1. The second-order valence-electron chi connectivity index (χ2n) is 2.68. The quantitative estimate of drug-likeness (QED) is 0.577. The fraction of sp³-hybridized carbons (Fsp3) is 0.222. The van der Waals surface area contributed by atoms with E-state index in [0.29, 0.717) is 5.56 Å². The lowest BCUT2D eigenvalue weighted by Crippen LogP contribution is -2.19. The lowest BCUT2D eigenvalue weighted by atomic mass is 10.2. The molecule has 0 aliphatic carbocycles. The van der Waals surface area contributed by atoms with E-state index in [1.807, 2.05) is 0 Å². The van der Waals surface area contributed by atoms with E-state index in [0.717, 1.165) is 0 Å². The minimum absolute atomic E-state index is 0.0945. The average molecular weight is 202 g/mol. The van der Waals surface area contributed by atoms with Gasteiger partial charge in [0.25, 0.3) is 0 Å². The van der Waals surface area contributed by atoms with Crippen LogP contribution in [0.25, 0.3) is 0 Å². The second kappa shape index (κ2) is 4.13. The van der Waals surface area contributed by atoms with Crippen LogP contribution in [0.2, 0.25) is 0 Å². The van der Waals surface area contributed by atoms with Crippen molar-refractivity contribution in [3.63, 3.8) is 0 Å². The van der Waals surface area contributed by atoms with Gasteiger partial charge in [-0.1, -0.05) is 30.3 Å². The molecule has 76 valence electrons. The van der Waals surface area contributed by atoms with Gasteiger partial charge >= 0.3 is 6.18 Å². The van der Waals surface area contributed by atoms with E-state index in [2.05, 4.69) is 4.99 Å². The number of aliphatic imine (C=N–C) groups is 1. The normalized spacial score (nSPS) is 12.9. The van der Waals surface area contributed by atoms with Crippen LogP contribution < -0.4 is 5.73 Å². The molecular formula is C9H9F3N2. The molecule has 14 heavy (non-hydrogen) atoms. The van der Waals surface area contributed by atoms with E-state index < -0.39 is 12.7 Å². The Bertz CT molecular complexity index is 317. The van der Waals surface area contributed by atoms with Crippen LogP contribution in [-0.4, -0.2) is 18.6 Å². The summed E-state index contributed by atoms with van der Waals surface area (Å²) < 4.78 is 35.3. The molecular weight excluding hydrogens is 193 g/mol. The SMILES string of the molecule is NC(=NCC(F)(F)F)c1ccccc1. The number of amidine groups is 1. The number of nitrogens with two attached hydrogens (primary N) is 1. The number of benzene rings is 1. The summed E-state index contributed by atoms with van der Waals surface area (Å²) in [7, 11) is 0. The van der Waals surface area contributed by atoms with Crippen molar-refractivity contribution in [1.29, 1.82) is 0 Å². The molecule has 2 nitrogen and oxygen atoms in total. The highest BCUT2D eigenvalue weighted by atomic mass is 19.4. The first-order valence-electron chi connectivity index (χ1n) is 3.91. The summed E-state index contributed by atoms with van der Waals surface area (Å²) in [5.41, 5.74) is 5.85. The van der Waals surface area contributed by atoms with Crippen molar-refractivity contribution < 1.29 is 13.2 Å². The molecule has 0 saturated carbocycles. The Labute approximate surface area is 79.3 Å². The Morgan fingerprint density at radius 2 is 1.79 bits per heavy atom. The number of nitrogens with zero attached hydrogens (tertiary/aromatic N) is 1. The molecule has 0 saturated heterocycles. The maximum Gasteiger partial charge on any atom is 0.408 e. The largest absolute Gasteiger partial charge is 0.408 e. The van der Waals surface area contributed by atoms with Crippen molar-refractivity contribution in [2.75, 3.05) is 6.54 Å². The van der Waals surface area contributed by atoms with Crippen LogP contribution in [-0.2, 0) is 0 Å². The minimum atomic E-state index is -4.31. The number of rotatable bonds is 2. The molecule has 0 aliphatic heterocycles. The lowest BCUT2D eigenvalue weighted by Gasteiger charge is -2.03. The van der Waals surface area contributed by atoms with Gasteiger partial charge in [0.1, 0.15) is 12.4 Å². The maximum atomic E-state index is 11.8. The van der Waals surface area contributed by atoms with Gasteiger partial charge in [-0.15, -0.1) is 0 Å². The molecule has 1 aromatic rings. The van der Waals surface area contributed by atoms with E-state index in [9.17, 15) is 13.2 Å². The van der Waals surface area contributed by atoms with Gasteiger partial charge < -0.3 is 5.73 Å². The molecule has 1 rings (SSSR count). The van der Waals surface area contributed by atoms with Crippen LogP contribution in [0.3, 0.4) is 0 Å². The molecule has 0 spiro atoms. The molecule has 0 heterocycles. The third-order valence-electron chi connectivity index (χ3n) is 1.50. The van der Waals surface area contributed by atoms with Gasteiger partial charge in [0.15, 0.2) is 0 Å². The molecule has 5 heteroatoms. The summed E-state index contributed by atoms with van der Waals surface area (Å²) in [6.45, 7) is -1.24. The van der Waals surface area contributed by atoms with Gasteiger partial charge in [0.05, 0.1) is 0 Å². The van der Waals surface area contributed by atoms with Gasteiger partial charge in [-0.2, -0.15) is 13.2 Å². The number of alkyl halides is 3. The lowest BCUT2D eigenvalue weighted by molar-refractivity contribution is -0.118. The zero-order chi connectivity index (χ0) is 10.6. The van der Waals surface area contributed by atoms with E-state index in [4.69, 9.17) is 5.73 Å². The molecule has 0 unspecified atom stereocenters. The molecule has 0 bridgehead atoms. The van der Waals surface area contributed by atoms with Crippen molar-refractivity contribution >= 4 is 5.84 Å². The first-order valence-corrected chi connectivity index (χ1v) is 3.91.